The average molecular weight is 433 g/mol. The van der Waals surface area contributed by atoms with E-state index < -0.39 is 48.2 Å². The summed E-state index contributed by atoms with van der Waals surface area (Å²) in [6, 6.07) is 1.79. The number of aromatic nitrogens is 5. The molecule has 14 heteroatoms. The molecule has 160 valence electrons. The molecule has 30 heavy (non-hydrogen) atoms. The van der Waals surface area contributed by atoms with Crippen LogP contribution in [0.25, 0.3) is 5.65 Å². The van der Waals surface area contributed by atoms with Crippen LogP contribution in [0.1, 0.15) is 24.7 Å². The maximum absolute atomic E-state index is 14.0. The van der Waals surface area contributed by atoms with Crippen LogP contribution in [0.2, 0.25) is 0 Å². The maximum atomic E-state index is 14.0. The normalized spacial score (nSPS) is 20.1. The topological polar surface area (TPSA) is 91.5 Å². The SMILES string of the molecule is C[C@]1(C(F)(F)F)CN(C(O)Nc2cnnc(C(F)F)c2)c2cnc3cc(F)nn3c21. The number of hydrogen-bond acceptors (Lipinski definition) is 7. The minimum Gasteiger partial charge on any atom is -0.356 e. The summed E-state index contributed by atoms with van der Waals surface area (Å²) in [5.74, 6) is -1.01. The van der Waals surface area contributed by atoms with Crippen molar-refractivity contribution < 1.29 is 31.4 Å². The molecule has 0 spiro atoms. The summed E-state index contributed by atoms with van der Waals surface area (Å²) in [6.07, 6.45) is -7.40. The predicted octanol–water partition coefficient (Wildman–Crippen LogP) is 2.62. The summed E-state index contributed by atoms with van der Waals surface area (Å²) in [4.78, 5) is 4.82. The fraction of sp³-hybridized carbons (Fsp3) is 0.375. The molecule has 4 heterocycles. The van der Waals surface area contributed by atoms with Crippen molar-refractivity contribution in [2.24, 2.45) is 0 Å². The first kappa shape index (κ1) is 20.1. The van der Waals surface area contributed by atoms with Crippen molar-refractivity contribution in [3.8, 4) is 0 Å². The molecule has 0 radical (unpaired) electrons. The summed E-state index contributed by atoms with van der Waals surface area (Å²) < 4.78 is 81.8. The number of aliphatic hydroxyl groups excluding tert-OH is 1. The second kappa shape index (κ2) is 6.68. The van der Waals surface area contributed by atoms with E-state index in [1.807, 2.05) is 0 Å². The number of nitrogens with zero attached hydrogens (tertiary/aromatic N) is 6. The van der Waals surface area contributed by atoms with E-state index in [-0.39, 0.29) is 17.0 Å². The van der Waals surface area contributed by atoms with Crippen molar-refractivity contribution in [1.82, 2.24) is 24.8 Å². The van der Waals surface area contributed by atoms with Gasteiger partial charge in [0.05, 0.1) is 29.5 Å². The lowest BCUT2D eigenvalue weighted by Crippen LogP contribution is -2.48. The van der Waals surface area contributed by atoms with E-state index >= 15 is 0 Å². The van der Waals surface area contributed by atoms with E-state index in [9.17, 15) is 31.4 Å². The maximum Gasteiger partial charge on any atom is 0.401 e. The lowest BCUT2D eigenvalue weighted by molar-refractivity contribution is -0.182. The first-order chi connectivity index (χ1) is 14.0. The van der Waals surface area contributed by atoms with Crippen LogP contribution in [0.15, 0.2) is 24.5 Å². The monoisotopic (exact) mass is 433 g/mol. The quantitative estimate of drug-likeness (QED) is 0.483. The molecule has 1 unspecified atom stereocenters. The second-order valence-electron chi connectivity index (χ2n) is 6.87. The Balaban J connectivity index is 1.76. The molecule has 0 amide bonds. The Labute approximate surface area is 164 Å². The molecule has 0 fully saturated rings. The number of hydrogen-bond donors (Lipinski definition) is 2. The highest BCUT2D eigenvalue weighted by Gasteiger charge is 2.60. The number of alkyl halides is 5. The average Bonchev–Trinajstić information content (AvgIpc) is 3.19. The smallest absolute Gasteiger partial charge is 0.356 e. The molecule has 0 saturated carbocycles. The van der Waals surface area contributed by atoms with Gasteiger partial charge in [-0.15, -0.1) is 10.2 Å². The molecular formula is C16H13F6N7O. The first-order valence-corrected chi connectivity index (χ1v) is 8.45. The number of anilines is 2. The van der Waals surface area contributed by atoms with Gasteiger partial charge in [0.1, 0.15) is 11.1 Å². The van der Waals surface area contributed by atoms with E-state index in [1.165, 1.54) is 0 Å². The summed E-state index contributed by atoms with van der Waals surface area (Å²) in [7, 11) is 0. The Kier molecular flexibility index (Phi) is 4.48. The molecule has 0 saturated heterocycles. The molecule has 1 aliphatic heterocycles. The third-order valence-corrected chi connectivity index (χ3v) is 4.87. The third-order valence-electron chi connectivity index (χ3n) is 4.87. The molecule has 0 bridgehead atoms. The van der Waals surface area contributed by atoms with Crippen molar-refractivity contribution >= 4 is 17.0 Å². The van der Waals surface area contributed by atoms with Crippen LogP contribution in [0.3, 0.4) is 0 Å². The van der Waals surface area contributed by atoms with Gasteiger partial charge < -0.3 is 15.3 Å². The lowest BCUT2D eigenvalue weighted by atomic mass is 9.87. The minimum atomic E-state index is -4.78. The van der Waals surface area contributed by atoms with E-state index in [2.05, 4.69) is 25.6 Å². The van der Waals surface area contributed by atoms with Crippen molar-refractivity contribution in [1.29, 1.82) is 0 Å². The third kappa shape index (κ3) is 3.07. The van der Waals surface area contributed by atoms with Crippen molar-refractivity contribution in [2.45, 2.75) is 31.3 Å². The standard InChI is InChI=1S/C16H13F6N7O/c1-15(16(20,21)22)6-28(9-5-23-11-3-10(17)27-29(11)12(9)15)14(30)25-7-2-8(13(18)19)26-24-4-7/h2-5,13-14,30H,6H2,1H3,(H,25,26)/t14?,15-/m0/s1. The van der Waals surface area contributed by atoms with Crippen LogP contribution in [-0.4, -0.2) is 49.0 Å². The highest BCUT2D eigenvalue weighted by atomic mass is 19.4. The van der Waals surface area contributed by atoms with Crippen LogP contribution in [0.4, 0.5) is 37.7 Å². The van der Waals surface area contributed by atoms with Crippen LogP contribution >= 0.6 is 0 Å². The van der Waals surface area contributed by atoms with Gasteiger partial charge in [-0.05, 0) is 13.0 Å². The molecule has 2 N–H and O–H groups in total. The summed E-state index contributed by atoms with van der Waals surface area (Å²) in [5, 5.41) is 23.0. The predicted molar refractivity (Wildman–Crippen MR) is 90.3 cm³/mol. The zero-order chi connectivity index (χ0) is 21.8. The molecule has 8 nitrogen and oxygen atoms in total. The summed E-state index contributed by atoms with van der Waals surface area (Å²) >= 11 is 0. The highest BCUT2D eigenvalue weighted by Crippen LogP contribution is 2.50. The fourth-order valence-corrected chi connectivity index (χ4v) is 3.36. The number of halogens is 6. The zero-order valence-electron chi connectivity index (χ0n) is 15.1. The minimum absolute atomic E-state index is 0.0888. The van der Waals surface area contributed by atoms with Crippen LogP contribution in [-0.2, 0) is 5.41 Å². The van der Waals surface area contributed by atoms with Crippen molar-refractivity contribution in [3.05, 3.63) is 41.9 Å². The fourth-order valence-electron chi connectivity index (χ4n) is 3.36. The molecule has 2 atom stereocenters. The second-order valence-corrected chi connectivity index (χ2v) is 6.87. The Bertz CT molecular complexity index is 1100. The van der Waals surface area contributed by atoms with Gasteiger partial charge in [0.15, 0.2) is 5.65 Å². The Morgan fingerprint density at radius 2 is 1.97 bits per heavy atom. The van der Waals surface area contributed by atoms with Crippen molar-refractivity contribution in [3.63, 3.8) is 0 Å². The van der Waals surface area contributed by atoms with Crippen molar-refractivity contribution in [2.75, 3.05) is 16.8 Å². The Morgan fingerprint density at radius 1 is 1.23 bits per heavy atom. The van der Waals surface area contributed by atoms with Crippen LogP contribution in [0.5, 0.6) is 0 Å². The van der Waals surface area contributed by atoms with Gasteiger partial charge in [-0.3, -0.25) is 0 Å². The van der Waals surface area contributed by atoms with E-state index in [0.29, 0.717) is 0 Å². The Morgan fingerprint density at radius 3 is 2.63 bits per heavy atom. The van der Waals surface area contributed by atoms with Gasteiger partial charge in [0.2, 0.25) is 12.3 Å². The summed E-state index contributed by atoms with van der Waals surface area (Å²) in [6.45, 7) is 0.128. The van der Waals surface area contributed by atoms with Crippen LogP contribution < -0.4 is 10.2 Å². The van der Waals surface area contributed by atoms with Gasteiger partial charge >= 0.3 is 6.18 Å². The largest absolute Gasteiger partial charge is 0.401 e. The number of fused-ring (bicyclic) bond motifs is 3. The molecule has 3 aromatic heterocycles. The molecular weight excluding hydrogens is 420 g/mol. The van der Waals surface area contributed by atoms with E-state index in [4.69, 9.17) is 0 Å². The number of rotatable bonds is 4. The van der Waals surface area contributed by atoms with Crippen LogP contribution in [0, 0.1) is 5.95 Å². The molecule has 3 aromatic rings. The molecule has 0 aliphatic carbocycles. The first-order valence-electron chi connectivity index (χ1n) is 8.45. The van der Waals surface area contributed by atoms with Gasteiger partial charge in [-0.1, -0.05) is 0 Å². The van der Waals surface area contributed by atoms with Gasteiger partial charge in [0, 0.05) is 12.6 Å². The Hall–Kier alpha value is -3.16. The van der Waals surface area contributed by atoms with Gasteiger partial charge in [-0.25, -0.2) is 18.3 Å². The molecule has 1 aliphatic rings. The number of aliphatic hydroxyl groups is 1. The van der Waals surface area contributed by atoms with Gasteiger partial charge in [0.25, 0.3) is 6.43 Å². The molecule has 0 aromatic carbocycles. The number of nitrogens with one attached hydrogen (secondary N) is 1. The summed E-state index contributed by atoms with van der Waals surface area (Å²) in [5.41, 5.74) is -3.99. The van der Waals surface area contributed by atoms with Gasteiger partial charge in [-0.2, -0.15) is 22.7 Å². The van der Waals surface area contributed by atoms with E-state index in [1.54, 1.807) is 0 Å². The highest BCUT2D eigenvalue weighted by molar-refractivity contribution is 5.64. The lowest BCUT2D eigenvalue weighted by Gasteiger charge is -2.31. The van der Waals surface area contributed by atoms with E-state index in [0.717, 1.165) is 40.9 Å². The zero-order valence-corrected chi connectivity index (χ0v) is 15.1. The molecule has 4 rings (SSSR count).